The topological polar surface area (TPSA) is 37.3 Å². The van der Waals surface area contributed by atoms with Crippen molar-refractivity contribution in [3.05, 3.63) is 91.1 Å². The molecule has 2 heteroatoms. The molecule has 126 valence electrons. The highest BCUT2D eigenvalue weighted by molar-refractivity contribution is 5.87. The molecule has 1 aromatic rings. The van der Waals surface area contributed by atoms with Gasteiger partial charge in [-0.2, -0.15) is 0 Å². The Morgan fingerprint density at radius 1 is 1.12 bits per heavy atom. The van der Waals surface area contributed by atoms with Crippen molar-refractivity contribution < 1.29 is 9.90 Å². The van der Waals surface area contributed by atoms with Crippen molar-refractivity contribution in [2.75, 3.05) is 0 Å². The molecule has 2 nitrogen and oxygen atoms in total. The summed E-state index contributed by atoms with van der Waals surface area (Å²) in [6, 6.07) is 7.19. The number of allylic oxidation sites excluding steroid dienone is 7. The maximum Gasteiger partial charge on any atom is 0.152 e. The second-order valence-electron chi connectivity index (χ2n) is 6.09. The third kappa shape index (κ3) is 5.54. The fraction of sp³-hybridized carbons (Fsp3) is 0.227. The highest BCUT2D eigenvalue weighted by atomic mass is 16.3. The van der Waals surface area contributed by atoms with E-state index >= 15 is 0 Å². The Labute approximate surface area is 145 Å². The van der Waals surface area contributed by atoms with E-state index in [1.54, 1.807) is 24.3 Å². The fourth-order valence-electron chi connectivity index (χ4n) is 2.35. The zero-order valence-corrected chi connectivity index (χ0v) is 14.6. The van der Waals surface area contributed by atoms with Crippen LogP contribution in [0.25, 0.3) is 0 Å². The second-order valence-corrected chi connectivity index (χ2v) is 6.09. The standard InChI is InChI=1S/C22H26O2/c1-6-7-8-17(2)22(5,18(3)9-10-19(4)23)16-15-20-11-13-21(24)14-12-20/h6-14,24H,1-3,15-16H2,4-5H3/b8-7?,10-9-. The normalized spacial score (nSPS) is 13.8. The number of benzene rings is 1. The van der Waals surface area contributed by atoms with Crippen molar-refractivity contribution >= 4 is 5.78 Å². The number of hydrogen-bond donors (Lipinski definition) is 1. The predicted molar refractivity (Wildman–Crippen MR) is 102 cm³/mol. The summed E-state index contributed by atoms with van der Waals surface area (Å²) < 4.78 is 0. The summed E-state index contributed by atoms with van der Waals surface area (Å²) in [5.74, 6) is 0.248. The van der Waals surface area contributed by atoms with Crippen LogP contribution < -0.4 is 0 Å². The summed E-state index contributed by atoms with van der Waals surface area (Å²) in [6.45, 7) is 15.6. The molecule has 0 spiro atoms. The van der Waals surface area contributed by atoms with E-state index in [0.29, 0.717) is 0 Å². The quantitative estimate of drug-likeness (QED) is 0.493. The summed E-state index contributed by atoms with van der Waals surface area (Å²) in [7, 11) is 0. The third-order valence-corrected chi connectivity index (χ3v) is 4.22. The van der Waals surface area contributed by atoms with Gasteiger partial charge in [0.2, 0.25) is 0 Å². The van der Waals surface area contributed by atoms with Gasteiger partial charge in [-0.05, 0) is 54.7 Å². The van der Waals surface area contributed by atoms with Gasteiger partial charge in [0.15, 0.2) is 5.78 Å². The molecule has 0 saturated heterocycles. The van der Waals surface area contributed by atoms with Gasteiger partial charge in [-0.1, -0.05) is 63.1 Å². The third-order valence-electron chi connectivity index (χ3n) is 4.22. The van der Waals surface area contributed by atoms with E-state index in [1.807, 2.05) is 24.3 Å². The minimum absolute atomic E-state index is 0.00993. The molecule has 1 unspecified atom stereocenters. The van der Waals surface area contributed by atoms with Gasteiger partial charge < -0.3 is 5.11 Å². The zero-order valence-electron chi connectivity index (χ0n) is 14.6. The first-order valence-corrected chi connectivity index (χ1v) is 7.94. The van der Waals surface area contributed by atoms with Crippen molar-refractivity contribution in [3.8, 4) is 5.75 Å². The lowest BCUT2D eigenvalue weighted by molar-refractivity contribution is -0.112. The number of phenolic OH excluding ortho intramolecular Hbond substituents is 1. The second kappa shape index (κ2) is 8.88. The lowest BCUT2D eigenvalue weighted by Crippen LogP contribution is -2.21. The van der Waals surface area contributed by atoms with Gasteiger partial charge in [-0.25, -0.2) is 0 Å². The molecule has 1 rings (SSSR count). The number of aryl methyl sites for hydroxylation is 1. The van der Waals surface area contributed by atoms with E-state index in [2.05, 4.69) is 26.7 Å². The molecule has 0 saturated carbocycles. The monoisotopic (exact) mass is 322 g/mol. The first-order chi connectivity index (χ1) is 11.3. The van der Waals surface area contributed by atoms with Crippen molar-refractivity contribution in [1.82, 2.24) is 0 Å². The summed E-state index contributed by atoms with van der Waals surface area (Å²) in [5.41, 5.74) is 2.51. The summed E-state index contributed by atoms with van der Waals surface area (Å²) in [6.07, 6.45) is 10.4. The Morgan fingerprint density at radius 3 is 2.25 bits per heavy atom. The number of carbonyl (C=O) groups is 1. The van der Waals surface area contributed by atoms with Crippen LogP contribution in [0.5, 0.6) is 5.75 Å². The maximum absolute atomic E-state index is 11.2. The van der Waals surface area contributed by atoms with Crippen LogP contribution >= 0.6 is 0 Å². The summed E-state index contributed by atoms with van der Waals surface area (Å²) >= 11 is 0. The maximum atomic E-state index is 11.2. The zero-order chi connectivity index (χ0) is 18.2. The molecule has 24 heavy (non-hydrogen) atoms. The molecule has 0 aliphatic heterocycles. The molecule has 1 aromatic carbocycles. The fourth-order valence-corrected chi connectivity index (χ4v) is 2.35. The van der Waals surface area contributed by atoms with Gasteiger partial charge in [-0.15, -0.1) is 0 Å². The number of carbonyl (C=O) groups excluding carboxylic acids is 1. The van der Waals surface area contributed by atoms with E-state index in [-0.39, 0.29) is 16.9 Å². The number of hydrogen-bond acceptors (Lipinski definition) is 2. The van der Waals surface area contributed by atoms with Gasteiger partial charge in [0.1, 0.15) is 5.75 Å². The molecular formula is C22H26O2. The lowest BCUT2D eigenvalue weighted by Gasteiger charge is -2.32. The predicted octanol–water partition coefficient (Wildman–Crippen LogP) is 5.33. The molecule has 1 atom stereocenters. The van der Waals surface area contributed by atoms with Gasteiger partial charge in [0.25, 0.3) is 0 Å². The van der Waals surface area contributed by atoms with Crippen molar-refractivity contribution in [2.45, 2.75) is 26.7 Å². The highest BCUT2D eigenvalue weighted by Crippen LogP contribution is 2.39. The molecule has 0 aromatic heterocycles. The summed E-state index contributed by atoms with van der Waals surface area (Å²) in [4.78, 5) is 11.2. The Kier molecular flexibility index (Phi) is 7.19. The Bertz CT molecular complexity index is 674. The van der Waals surface area contributed by atoms with Crippen LogP contribution in [0.15, 0.2) is 85.5 Å². The lowest BCUT2D eigenvalue weighted by atomic mass is 9.72. The molecular weight excluding hydrogens is 296 g/mol. The molecule has 0 radical (unpaired) electrons. The SMILES string of the molecule is C=CC=CC(=C)C(C)(CCc1ccc(O)cc1)C(=C)/C=C\C(C)=O. The number of phenols is 1. The Morgan fingerprint density at radius 2 is 1.71 bits per heavy atom. The van der Waals surface area contributed by atoms with Crippen LogP contribution in [0.1, 0.15) is 25.8 Å². The van der Waals surface area contributed by atoms with E-state index in [9.17, 15) is 9.90 Å². The van der Waals surface area contributed by atoms with Crippen molar-refractivity contribution in [3.63, 3.8) is 0 Å². The van der Waals surface area contributed by atoms with Crippen molar-refractivity contribution in [2.24, 2.45) is 5.41 Å². The van der Waals surface area contributed by atoms with E-state index < -0.39 is 0 Å². The highest BCUT2D eigenvalue weighted by Gasteiger charge is 2.28. The van der Waals surface area contributed by atoms with Crippen LogP contribution in [0, 0.1) is 5.41 Å². The molecule has 0 heterocycles. The first kappa shape index (κ1) is 19.4. The average molecular weight is 322 g/mol. The van der Waals surface area contributed by atoms with Gasteiger partial charge in [0, 0.05) is 5.41 Å². The van der Waals surface area contributed by atoms with Gasteiger partial charge in [0.05, 0.1) is 0 Å². The molecule has 0 amide bonds. The molecule has 0 aliphatic carbocycles. The molecule has 0 aliphatic rings. The minimum Gasteiger partial charge on any atom is -0.508 e. The van der Waals surface area contributed by atoms with Gasteiger partial charge in [-0.3, -0.25) is 4.79 Å². The number of ketones is 1. The first-order valence-electron chi connectivity index (χ1n) is 7.94. The smallest absolute Gasteiger partial charge is 0.152 e. The van der Waals surface area contributed by atoms with Gasteiger partial charge >= 0.3 is 0 Å². The van der Waals surface area contributed by atoms with E-state index in [1.165, 1.54) is 13.0 Å². The van der Waals surface area contributed by atoms with E-state index in [0.717, 1.165) is 29.6 Å². The molecule has 1 N–H and O–H groups in total. The Balaban J connectivity index is 3.03. The van der Waals surface area contributed by atoms with Crippen LogP contribution in [0.4, 0.5) is 0 Å². The molecule has 0 fully saturated rings. The largest absolute Gasteiger partial charge is 0.508 e. The van der Waals surface area contributed by atoms with E-state index in [4.69, 9.17) is 0 Å². The van der Waals surface area contributed by atoms with Crippen LogP contribution in [0.3, 0.4) is 0 Å². The van der Waals surface area contributed by atoms with Crippen LogP contribution in [-0.2, 0) is 11.2 Å². The van der Waals surface area contributed by atoms with Crippen molar-refractivity contribution in [1.29, 1.82) is 0 Å². The number of aromatic hydroxyl groups is 1. The number of rotatable bonds is 9. The van der Waals surface area contributed by atoms with Crippen LogP contribution in [0.2, 0.25) is 0 Å². The summed E-state index contributed by atoms with van der Waals surface area (Å²) in [5, 5.41) is 9.39. The Hall–Kier alpha value is -2.61. The minimum atomic E-state index is -0.372. The average Bonchev–Trinajstić information content (AvgIpc) is 2.56. The molecule has 0 bridgehead atoms. The van der Waals surface area contributed by atoms with Crippen LogP contribution in [-0.4, -0.2) is 10.9 Å².